The number of nitrogens with one attached hydrogen (secondary N) is 2. The fourth-order valence-electron chi connectivity index (χ4n) is 4.26. The first-order valence-electron chi connectivity index (χ1n) is 9.38. The van der Waals surface area contributed by atoms with Gasteiger partial charge in [-0.1, -0.05) is 12.1 Å². The monoisotopic (exact) mass is 381 g/mol. The average molecular weight is 381 g/mol. The van der Waals surface area contributed by atoms with E-state index in [1.165, 1.54) is 0 Å². The predicted molar refractivity (Wildman–Crippen MR) is 106 cm³/mol. The van der Waals surface area contributed by atoms with Gasteiger partial charge < -0.3 is 20.5 Å². The second-order valence-electron chi connectivity index (χ2n) is 7.26. The predicted octanol–water partition coefficient (Wildman–Crippen LogP) is 3.67. The van der Waals surface area contributed by atoms with E-state index < -0.39 is 11.8 Å². The number of nitrogens with zero attached hydrogens (tertiary/aromatic N) is 1. The standard InChI is InChI=1S/C21H23N3O4/c1-28-16-8-6-15(7-9-16)24-19(25)17-4-2-3-5-18(17)23-21(24)12-10-14(11-13-21)22-20(26)27/h2-9,14,22-23H,10-13H2,1H3,(H,26,27). The van der Waals surface area contributed by atoms with Crippen LogP contribution in [0, 0.1) is 0 Å². The van der Waals surface area contributed by atoms with E-state index >= 15 is 0 Å². The van der Waals surface area contributed by atoms with E-state index in [1.807, 2.05) is 53.4 Å². The molecule has 0 atom stereocenters. The molecule has 2 amide bonds. The van der Waals surface area contributed by atoms with Crippen LogP contribution in [0.3, 0.4) is 0 Å². The molecule has 1 aliphatic heterocycles. The number of hydrogen-bond donors (Lipinski definition) is 3. The van der Waals surface area contributed by atoms with Crippen molar-refractivity contribution in [2.75, 3.05) is 17.3 Å². The highest BCUT2D eigenvalue weighted by Crippen LogP contribution is 2.43. The van der Waals surface area contributed by atoms with Gasteiger partial charge in [0.05, 0.1) is 12.7 Å². The van der Waals surface area contributed by atoms with E-state index in [-0.39, 0.29) is 11.9 Å². The van der Waals surface area contributed by atoms with Crippen LogP contribution in [-0.2, 0) is 0 Å². The number of benzene rings is 2. The first-order valence-corrected chi connectivity index (χ1v) is 9.38. The molecule has 28 heavy (non-hydrogen) atoms. The van der Waals surface area contributed by atoms with Crippen LogP contribution in [0.1, 0.15) is 36.0 Å². The Kier molecular flexibility index (Phi) is 4.58. The summed E-state index contributed by atoms with van der Waals surface area (Å²) in [7, 11) is 1.61. The highest BCUT2D eigenvalue weighted by atomic mass is 16.5. The van der Waals surface area contributed by atoms with Gasteiger partial charge in [0.2, 0.25) is 0 Å². The van der Waals surface area contributed by atoms with Crippen molar-refractivity contribution in [3.8, 4) is 5.75 Å². The first kappa shape index (κ1) is 18.2. The summed E-state index contributed by atoms with van der Waals surface area (Å²) >= 11 is 0. The van der Waals surface area contributed by atoms with Crippen LogP contribution in [0.5, 0.6) is 5.75 Å². The molecule has 1 aliphatic carbocycles. The number of fused-ring (bicyclic) bond motifs is 1. The Labute approximate surface area is 163 Å². The molecule has 2 aliphatic rings. The summed E-state index contributed by atoms with van der Waals surface area (Å²) in [5.41, 5.74) is 1.66. The third kappa shape index (κ3) is 3.13. The summed E-state index contributed by atoms with van der Waals surface area (Å²) < 4.78 is 5.24. The van der Waals surface area contributed by atoms with Crippen LogP contribution in [-0.4, -0.2) is 35.9 Å². The Morgan fingerprint density at radius 3 is 2.50 bits per heavy atom. The molecule has 1 spiro atoms. The number of carboxylic acid groups (broad SMARTS) is 1. The van der Waals surface area contributed by atoms with E-state index in [0.29, 0.717) is 31.2 Å². The summed E-state index contributed by atoms with van der Waals surface area (Å²) in [6.07, 6.45) is 1.59. The number of para-hydroxylation sites is 1. The van der Waals surface area contributed by atoms with Crippen molar-refractivity contribution in [3.05, 3.63) is 54.1 Å². The molecule has 1 saturated carbocycles. The van der Waals surface area contributed by atoms with E-state index in [4.69, 9.17) is 9.84 Å². The lowest BCUT2D eigenvalue weighted by molar-refractivity contribution is 0.0931. The van der Waals surface area contributed by atoms with Crippen molar-refractivity contribution in [1.82, 2.24) is 5.32 Å². The van der Waals surface area contributed by atoms with Crippen LogP contribution in [0.15, 0.2) is 48.5 Å². The number of amides is 2. The molecule has 0 saturated heterocycles. The van der Waals surface area contributed by atoms with Crippen LogP contribution in [0.2, 0.25) is 0 Å². The zero-order valence-corrected chi connectivity index (χ0v) is 15.6. The minimum Gasteiger partial charge on any atom is -0.497 e. The number of carbonyl (C=O) groups excluding carboxylic acids is 1. The van der Waals surface area contributed by atoms with Gasteiger partial charge in [-0.3, -0.25) is 9.69 Å². The third-order valence-electron chi connectivity index (χ3n) is 5.63. The zero-order valence-electron chi connectivity index (χ0n) is 15.6. The van der Waals surface area contributed by atoms with Crippen molar-refractivity contribution in [2.45, 2.75) is 37.4 Å². The topological polar surface area (TPSA) is 90.9 Å². The highest BCUT2D eigenvalue weighted by Gasteiger charge is 2.47. The molecule has 0 unspecified atom stereocenters. The lowest BCUT2D eigenvalue weighted by Gasteiger charge is -2.51. The average Bonchev–Trinajstić information content (AvgIpc) is 2.70. The fourth-order valence-corrected chi connectivity index (χ4v) is 4.26. The fraction of sp³-hybridized carbons (Fsp3) is 0.333. The highest BCUT2D eigenvalue weighted by molar-refractivity contribution is 6.12. The van der Waals surface area contributed by atoms with Crippen LogP contribution < -0.4 is 20.3 Å². The third-order valence-corrected chi connectivity index (χ3v) is 5.63. The van der Waals surface area contributed by atoms with Crippen molar-refractivity contribution in [1.29, 1.82) is 0 Å². The van der Waals surface area contributed by atoms with Crippen LogP contribution in [0.4, 0.5) is 16.2 Å². The molecule has 0 radical (unpaired) electrons. The van der Waals surface area contributed by atoms with Crippen molar-refractivity contribution >= 4 is 23.4 Å². The summed E-state index contributed by atoms with van der Waals surface area (Å²) in [4.78, 5) is 26.3. The number of hydrogen-bond acceptors (Lipinski definition) is 4. The molecule has 7 nitrogen and oxygen atoms in total. The van der Waals surface area contributed by atoms with Crippen molar-refractivity contribution in [3.63, 3.8) is 0 Å². The van der Waals surface area contributed by atoms with E-state index in [1.54, 1.807) is 7.11 Å². The van der Waals surface area contributed by atoms with Gasteiger partial charge in [-0.15, -0.1) is 0 Å². The Morgan fingerprint density at radius 1 is 1.18 bits per heavy atom. The van der Waals surface area contributed by atoms with Crippen LogP contribution >= 0.6 is 0 Å². The molecule has 7 heteroatoms. The smallest absolute Gasteiger partial charge is 0.404 e. The molecule has 146 valence electrons. The molecule has 4 rings (SSSR count). The molecule has 2 aromatic rings. The van der Waals surface area contributed by atoms with Gasteiger partial charge in [-0.25, -0.2) is 4.79 Å². The van der Waals surface area contributed by atoms with Gasteiger partial charge in [-0.2, -0.15) is 0 Å². The SMILES string of the molecule is COc1ccc(N2C(=O)c3ccccc3NC23CCC(NC(=O)O)CC3)cc1. The summed E-state index contributed by atoms with van der Waals surface area (Å²) in [6.45, 7) is 0. The summed E-state index contributed by atoms with van der Waals surface area (Å²) in [6, 6.07) is 14.9. The maximum atomic E-state index is 13.4. The normalized spacial score (nSPS) is 23.7. The quantitative estimate of drug-likeness (QED) is 0.755. The van der Waals surface area contributed by atoms with E-state index in [2.05, 4.69) is 10.6 Å². The molecular formula is C21H23N3O4. The Hall–Kier alpha value is -3.22. The van der Waals surface area contributed by atoms with Gasteiger partial charge in [0.25, 0.3) is 5.91 Å². The maximum Gasteiger partial charge on any atom is 0.404 e. The van der Waals surface area contributed by atoms with Crippen LogP contribution in [0.25, 0.3) is 0 Å². The maximum absolute atomic E-state index is 13.4. The molecule has 1 heterocycles. The minimum absolute atomic E-state index is 0.0517. The Balaban J connectivity index is 1.71. The van der Waals surface area contributed by atoms with Crippen molar-refractivity contribution < 1.29 is 19.4 Å². The lowest BCUT2D eigenvalue weighted by Crippen LogP contribution is -2.63. The molecule has 2 aromatic carbocycles. The number of anilines is 2. The molecule has 0 bridgehead atoms. The minimum atomic E-state index is -1.01. The number of ether oxygens (including phenoxy) is 1. The van der Waals surface area contributed by atoms with Gasteiger partial charge in [-0.05, 0) is 62.1 Å². The van der Waals surface area contributed by atoms with E-state index in [0.717, 1.165) is 17.1 Å². The number of methoxy groups -OCH3 is 1. The zero-order chi connectivity index (χ0) is 19.7. The number of rotatable bonds is 3. The summed E-state index contributed by atoms with van der Waals surface area (Å²) in [5.74, 6) is 0.675. The molecular weight excluding hydrogens is 358 g/mol. The largest absolute Gasteiger partial charge is 0.497 e. The summed E-state index contributed by atoms with van der Waals surface area (Å²) in [5, 5.41) is 15.2. The molecule has 1 fully saturated rings. The lowest BCUT2D eigenvalue weighted by atomic mass is 9.81. The van der Waals surface area contributed by atoms with E-state index in [9.17, 15) is 9.59 Å². The van der Waals surface area contributed by atoms with Gasteiger partial charge >= 0.3 is 6.09 Å². The Morgan fingerprint density at radius 2 is 1.86 bits per heavy atom. The van der Waals surface area contributed by atoms with Gasteiger partial charge in [0, 0.05) is 17.4 Å². The molecule has 3 N–H and O–H groups in total. The Bertz CT molecular complexity index is 889. The second-order valence-corrected chi connectivity index (χ2v) is 7.26. The van der Waals surface area contributed by atoms with Gasteiger partial charge in [0.15, 0.2) is 0 Å². The molecule has 0 aromatic heterocycles. The number of carbonyl (C=O) groups is 2. The van der Waals surface area contributed by atoms with Crippen molar-refractivity contribution in [2.24, 2.45) is 0 Å². The second kappa shape index (κ2) is 7.07. The first-order chi connectivity index (χ1) is 13.5. The van der Waals surface area contributed by atoms with Gasteiger partial charge in [0.1, 0.15) is 11.4 Å².